The fourth-order valence-corrected chi connectivity index (χ4v) is 3.66. The zero-order chi connectivity index (χ0) is 21.8. The number of aromatic nitrogens is 4. The lowest BCUT2D eigenvalue weighted by molar-refractivity contribution is 0.0991. The molecule has 3 heterocycles. The molecule has 0 saturated heterocycles. The molecule has 0 atom stereocenters. The van der Waals surface area contributed by atoms with Gasteiger partial charge in [0.25, 0.3) is 0 Å². The molecule has 0 aliphatic carbocycles. The van der Waals surface area contributed by atoms with Crippen LogP contribution in [0.1, 0.15) is 36.5 Å². The Morgan fingerprint density at radius 3 is 2.61 bits per heavy atom. The van der Waals surface area contributed by atoms with E-state index in [0.29, 0.717) is 18.7 Å². The van der Waals surface area contributed by atoms with Crippen LogP contribution in [0.5, 0.6) is 0 Å². The summed E-state index contributed by atoms with van der Waals surface area (Å²) in [6, 6.07) is 11.7. The third kappa shape index (κ3) is 4.25. The highest BCUT2D eigenvalue weighted by atomic mass is 35.5. The van der Waals surface area contributed by atoms with Crippen LogP contribution in [0.4, 0.5) is 5.95 Å². The van der Waals surface area contributed by atoms with Gasteiger partial charge in [-0.15, -0.1) is 0 Å². The molecular formula is C22H23ClN6O2. The Bertz CT molecular complexity index is 1270. The summed E-state index contributed by atoms with van der Waals surface area (Å²) in [5.41, 5.74) is 2.69. The van der Waals surface area contributed by atoms with Gasteiger partial charge in [-0.3, -0.25) is 4.79 Å². The number of benzene rings is 1. The second-order valence-corrected chi connectivity index (χ2v) is 7.33. The molecule has 4 rings (SSSR count). The number of fused-ring (bicyclic) bond motifs is 1. The Labute approximate surface area is 184 Å². The molecule has 9 heteroatoms. The van der Waals surface area contributed by atoms with E-state index in [0.717, 1.165) is 29.8 Å². The minimum atomic E-state index is -0.518. The number of nitrogens with one attached hydrogen (secondary N) is 1. The van der Waals surface area contributed by atoms with Gasteiger partial charge in [-0.05, 0) is 37.6 Å². The minimum absolute atomic E-state index is 0.0505. The van der Waals surface area contributed by atoms with Gasteiger partial charge >= 0.3 is 5.91 Å². The van der Waals surface area contributed by atoms with E-state index in [-0.39, 0.29) is 16.7 Å². The summed E-state index contributed by atoms with van der Waals surface area (Å²) in [5, 5.41) is 3.18. The van der Waals surface area contributed by atoms with E-state index in [1.807, 2.05) is 41.8 Å². The highest BCUT2D eigenvalue weighted by Crippen LogP contribution is 2.17. The van der Waals surface area contributed by atoms with Crippen LogP contribution >= 0.6 is 11.6 Å². The smallest absolute Gasteiger partial charge is 0.300 e. The number of nitrogens with zero attached hydrogens (tertiary/aromatic N) is 5. The molecule has 0 aliphatic heterocycles. The first-order valence-corrected chi connectivity index (χ1v) is 10.6. The Kier molecular flexibility index (Phi) is 6.18. The van der Waals surface area contributed by atoms with Gasteiger partial charge < -0.3 is 18.9 Å². The number of hydrogen-bond acceptors (Lipinski definition) is 5. The Morgan fingerprint density at radius 1 is 1.16 bits per heavy atom. The molecule has 1 amide bonds. The van der Waals surface area contributed by atoms with Gasteiger partial charge in [0, 0.05) is 13.1 Å². The van der Waals surface area contributed by atoms with Crippen LogP contribution in [0, 0.1) is 0 Å². The van der Waals surface area contributed by atoms with Crippen molar-refractivity contribution < 1.29 is 9.21 Å². The molecule has 0 saturated carbocycles. The second-order valence-electron chi connectivity index (χ2n) is 6.92. The lowest BCUT2D eigenvalue weighted by Gasteiger charge is -2.06. The summed E-state index contributed by atoms with van der Waals surface area (Å²) in [5.74, 6) is 0.483. The Hall–Kier alpha value is -3.39. The number of imidazole rings is 1. The maximum absolute atomic E-state index is 13.1. The van der Waals surface area contributed by atoms with E-state index in [1.54, 1.807) is 12.3 Å². The fourth-order valence-electron chi connectivity index (χ4n) is 3.48. The van der Waals surface area contributed by atoms with Crippen molar-refractivity contribution in [3.8, 4) is 0 Å². The van der Waals surface area contributed by atoms with Crippen LogP contribution in [0.3, 0.4) is 0 Å². The highest BCUT2D eigenvalue weighted by Gasteiger charge is 2.17. The largest absolute Gasteiger partial charge is 0.467 e. The van der Waals surface area contributed by atoms with Gasteiger partial charge in [0.15, 0.2) is 5.69 Å². The lowest BCUT2D eigenvalue weighted by Crippen LogP contribution is -2.27. The van der Waals surface area contributed by atoms with Gasteiger partial charge in [0.2, 0.25) is 11.6 Å². The third-order valence-corrected chi connectivity index (χ3v) is 5.14. The monoisotopic (exact) mass is 438 g/mol. The van der Waals surface area contributed by atoms with Gasteiger partial charge in [0.05, 0.1) is 35.1 Å². The summed E-state index contributed by atoms with van der Waals surface area (Å²) in [7, 11) is 0. The number of aryl methyl sites for hydroxylation is 2. The summed E-state index contributed by atoms with van der Waals surface area (Å²) >= 11 is 6.24. The molecule has 0 radical (unpaired) electrons. The van der Waals surface area contributed by atoms with Crippen LogP contribution in [0.2, 0.25) is 5.02 Å². The molecule has 31 heavy (non-hydrogen) atoms. The molecule has 1 aromatic carbocycles. The first kappa shape index (κ1) is 20.9. The average molecular weight is 439 g/mol. The van der Waals surface area contributed by atoms with E-state index in [9.17, 15) is 4.79 Å². The summed E-state index contributed by atoms with van der Waals surface area (Å²) in [6.07, 6.45) is 3.90. The normalized spacial score (nSPS) is 11.9. The summed E-state index contributed by atoms with van der Waals surface area (Å²) < 4.78 is 9.37. The number of carbonyl (C=O) groups excluding carboxylic acids is 1. The Morgan fingerprint density at radius 2 is 1.94 bits per heavy atom. The number of halogens is 1. The number of hydrogen-bond donors (Lipinski definition) is 1. The standard InChI is InChI=1S/C22H23ClN6O2/c1-3-11-29-18-10-6-5-9-17(18)28(4-2)22(29)27-20(30)19-16(23)14-25-21(26-19)24-13-15-8-7-12-31-15/h5-10,12,14H,3-4,11,13H2,1-2H3,(H,24,25,26). The van der Waals surface area contributed by atoms with Crippen molar-refractivity contribution in [2.75, 3.05) is 5.32 Å². The second kappa shape index (κ2) is 9.18. The van der Waals surface area contributed by atoms with Crippen LogP contribution in [-0.4, -0.2) is 25.0 Å². The van der Waals surface area contributed by atoms with Gasteiger partial charge in [-0.1, -0.05) is 30.7 Å². The van der Waals surface area contributed by atoms with Crippen molar-refractivity contribution in [1.82, 2.24) is 19.1 Å². The molecule has 0 bridgehead atoms. The number of carbonyl (C=O) groups is 1. The maximum atomic E-state index is 13.1. The van der Waals surface area contributed by atoms with Gasteiger partial charge in [0.1, 0.15) is 5.76 Å². The van der Waals surface area contributed by atoms with E-state index in [1.165, 1.54) is 6.20 Å². The quantitative estimate of drug-likeness (QED) is 0.465. The lowest BCUT2D eigenvalue weighted by atomic mass is 10.3. The first-order valence-electron chi connectivity index (χ1n) is 10.2. The number of furan rings is 1. The molecule has 0 fully saturated rings. The van der Waals surface area contributed by atoms with E-state index in [4.69, 9.17) is 16.0 Å². The topological polar surface area (TPSA) is 90.2 Å². The number of anilines is 1. The molecule has 160 valence electrons. The summed E-state index contributed by atoms with van der Waals surface area (Å²) in [6.45, 7) is 5.93. The van der Waals surface area contributed by atoms with Gasteiger partial charge in [-0.2, -0.15) is 4.99 Å². The molecule has 0 spiro atoms. The Balaban J connectivity index is 1.74. The number of rotatable bonds is 7. The average Bonchev–Trinajstić information content (AvgIpc) is 3.40. The molecule has 0 aliphatic rings. The molecule has 3 aromatic heterocycles. The molecule has 0 unspecified atom stereocenters. The van der Waals surface area contributed by atoms with Crippen molar-refractivity contribution >= 4 is 34.5 Å². The van der Waals surface area contributed by atoms with Crippen LogP contribution < -0.4 is 10.9 Å². The van der Waals surface area contributed by atoms with Crippen molar-refractivity contribution in [3.05, 3.63) is 71.0 Å². The molecule has 4 aromatic rings. The van der Waals surface area contributed by atoms with Crippen LogP contribution in [0.25, 0.3) is 11.0 Å². The predicted octanol–water partition coefficient (Wildman–Crippen LogP) is 4.26. The van der Waals surface area contributed by atoms with E-state index >= 15 is 0 Å². The van der Waals surface area contributed by atoms with Crippen LogP contribution in [-0.2, 0) is 19.6 Å². The van der Waals surface area contributed by atoms with Crippen LogP contribution in [0.15, 0.2) is 58.3 Å². The van der Waals surface area contributed by atoms with E-state index < -0.39 is 5.91 Å². The minimum Gasteiger partial charge on any atom is -0.467 e. The number of para-hydroxylation sites is 2. The fraction of sp³-hybridized carbons (Fsp3) is 0.273. The third-order valence-electron chi connectivity index (χ3n) is 4.86. The number of amides is 1. The predicted molar refractivity (Wildman–Crippen MR) is 119 cm³/mol. The molecule has 8 nitrogen and oxygen atoms in total. The molecular weight excluding hydrogens is 416 g/mol. The highest BCUT2D eigenvalue weighted by molar-refractivity contribution is 6.33. The van der Waals surface area contributed by atoms with Gasteiger partial charge in [-0.25, -0.2) is 9.97 Å². The van der Waals surface area contributed by atoms with E-state index in [2.05, 4.69) is 31.8 Å². The van der Waals surface area contributed by atoms with Crippen molar-refractivity contribution in [1.29, 1.82) is 0 Å². The SMILES string of the molecule is CCCn1c(=NC(=O)c2nc(NCc3ccco3)ncc2Cl)n(CC)c2ccccc21. The zero-order valence-corrected chi connectivity index (χ0v) is 18.1. The van der Waals surface area contributed by atoms with Crippen molar-refractivity contribution in [2.45, 2.75) is 39.9 Å². The molecule has 1 N–H and O–H groups in total. The first-order chi connectivity index (χ1) is 15.1. The van der Waals surface area contributed by atoms with Crippen molar-refractivity contribution in [3.63, 3.8) is 0 Å². The zero-order valence-electron chi connectivity index (χ0n) is 17.4. The van der Waals surface area contributed by atoms with Crippen molar-refractivity contribution in [2.24, 2.45) is 4.99 Å². The maximum Gasteiger partial charge on any atom is 0.300 e. The summed E-state index contributed by atoms with van der Waals surface area (Å²) in [4.78, 5) is 26.0.